The Labute approximate surface area is 202 Å². The van der Waals surface area contributed by atoms with Crippen LogP contribution in [0.4, 0.5) is 21.8 Å². The van der Waals surface area contributed by atoms with Crippen molar-refractivity contribution in [3.8, 4) is 11.1 Å². The van der Waals surface area contributed by atoms with E-state index in [4.69, 9.17) is 20.8 Å². The minimum absolute atomic E-state index is 0.0317. The van der Waals surface area contributed by atoms with E-state index in [9.17, 15) is 19.1 Å². The maximum absolute atomic E-state index is 13.5. The standard InChI is InChI=1S/C24H18ClFN4O5/c25-18-10-14(2-3-19(18)26)28-24-27-11-16(22(29-24)30-5-7-34-8-6-30)13-1-4-20-15(9-13)21(31)17(12-35-20)23(32)33/h1-4,9-12H,5-8H2,(H,32,33)(H,27,28,29). The van der Waals surface area contributed by atoms with Gasteiger partial charge in [0.15, 0.2) is 0 Å². The van der Waals surface area contributed by atoms with Gasteiger partial charge in [0.2, 0.25) is 11.4 Å². The average Bonchev–Trinajstić information content (AvgIpc) is 2.87. The van der Waals surface area contributed by atoms with E-state index in [0.29, 0.717) is 48.9 Å². The normalized spacial score (nSPS) is 13.7. The number of hydrogen-bond acceptors (Lipinski definition) is 8. The Hall–Kier alpha value is -4.02. The average molecular weight is 497 g/mol. The Balaban J connectivity index is 1.60. The highest BCUT2D eigenvalue weighted by molar-refractivity contribution is 6.31. The summed E-state index contributed by atoms with van der Waals surface area (Å²) in [5, 5.41) is 12.4. The lowest BCUT2D eigenvalue weighted by Crippen LogP contribution is -2.37. The van der Waals surface area contributed by atoms with Crippen molar-refractivity contribution in [1.82, 2.24) is 9.97 Å². The minimum Gasteiger partial charge on any atom is -0.477 e. The smallest absolute Gasteiger partial charge is 0.342 e. The summed E-state index contributed by atoms with van der Waals surface area (Å²) in [4.78, 5) is 35.2. The summed E-state index contributed by atoms with van der Waals surface area (Å²) in [6.07, 6.45) is 2.55. The van der Waals surface area contributed by atoms with Crippen LogP contribution in [-0.2, 0) is 4.74 Å². The second-order valence-corrected chi connectivity index (χ2v) is 8.19. The van der Waals surface area contributed by atoms with Gasteiger partial charge in [-0.1, -0.05) is 17.7 Å². The van der Waals surface area contributed by atoms with Crippen LogP contribution in [0.3, 0.4) is 0 Å². The van der Waals surface area contributed by atoms with Crippen LogP contribution in [0.2, 0.25) is 5.02 Å². The molecule has 0 spiro atoms. The van der Waals surface area contributed by atoms with Gasteiger partial charge < -0.3 is 24.5 Å². The van der Waals surface area contributed by atoms with E-state index in [2.05, 4.69) is 15.3 Å². The number of carbonyl (C=O) groups is 1. The van der Waals surface area contributed by atoms with Crippen LogP contribution in [0.15, 0.2) is 58.1 Å². The zero-order chi connectivity index (χ0) is 24.5. The molecule has 11 heteroatoms. The number of carboxylic acid groups (broad SMARTS) is 1. The van der Waals surface area contributed by atoms with Gasteiger partial charge in [-0.3, -0.25) is 4.79 Å². The largest absolute Gasteiger partial charge is 0.477 e. The predicted octanol–water partition coefficient (Wildman–Crippen LogP) is 4.32. The van der Waals surface area contributed by atoms with E-state index < -0.39 is 22.8 Å². The molecule has 178 valence electrons. The van der Waals surface area contributed by atoms with Gasteiger partial charge in [-0.05, 0) is 35.9 Å². The third-order valence-corrected chi connectivity index (χ3v) is 5.86. The van der Waals surface area contributed by atoms with E-state index in [1.165, 1.54) is 18.2 Å². The molecule has 5 rings (SSSR count). The summed E-state index contributed by atoms with van der Waals surface area (Å²) in [6, 6.07) is 9.13. The lowest BCUT2D eigenvalue weighted by Gasteiger charge is -2.29. The summed E-state index contributed by atoms with van der Waals surface area (Å²) in [5.74, 6) is -1.03. The van der Waals surface area contributed by atoms with Gasteiger partial charge in [-0.25, -0.2) is 14.2 Å². The molecule has 9 nitrogen and oxygen atoms in total. The van der Waals surface area contributed by atoms with Gasteiger partial charge in [-0.15, -0.1) is 0 Å². The Kier molecular flexibility index (Phi) is 6.06. The van der Waals surface area contributed by atoms with E-state index >= 15 is 0 Å². The maximum Gasteiger partial charge on any atom is 0.342 e. The number of nitrogens with zero attached hydrogens (tertiary/aromatic N) is 3. The first-order chi connectivity index (χ1) is 16.9. The molecular formula is C24H18ClFN4O5. The summed E-state index contributed by atoms with van der Waals surface area (Å²) >= 11 is 5.88. The second-order valence-electron chi connectivity index (χ2n) is 7.78. The lowest BCUT2D eigenvalue weighted by atomic mass is 10.0. The van der Waals surface area contributed by atoms with Crippen LogP contribution in [0.25, 0.3) is 22.1 Å². The first-order valence-corrected chi connectivity index (χ1v) is 11.0. The molecule has 0 radical (unpaired) electrons. The number of benzene rings is 2. The number of carboxylic acids is 1. The van der Waals surface area contributed by atoms with Gasteiger partial charge in [0, 0.05) is 30.5 Å². The first-order valence-electron chi connectivity index (χ1n) is 10.6. The highest BCUT2D eigenvalue weighted by atomic mass is 35.5. The number of halogens is 2. The second kappa shape index (κ2) is 9.32. The predicted molar refractivity (Wildman–Crippen MR) is 128 cm³/mol. The van der Waals surface area contributed by atoms with Crippen molar-refractivity contribution in [3.63, 3.8) is 0 Å². The third kappa shape index (κ3) is 4.53. The molecule has 2 aromatic carbocycles. The molecule has 0 atom stereocenters. The number of aromatic carboxylic acids is 1. The van der Waals surface area contributed by atoms with Crippen LogP contribution < -0.4 is 15.6 Å². The summed E-state index contributed by atoms with van der Waals surface area (Å²) < 4.78 is 24.3. The molecule has 0 unspecified atom stereocenters. The van der Waals surface area contributed by atoms with Crippen molar-refractivity contribution >= 4 is 46.0 Å². The number of fused-ring (bicyclic) bond motifs is 1. The number of ether oxygens (including phenoxy) is 1. The van der Waals surface area contributed by atoms with Crippen LogP contribution in [0.5, 0.6) is 0 Å². The molecule has 0 amide bonds. The molecule has 3 heterocycles. The quantitative estimate of drug-likeness (QED) is 0.416. The molecule has 1 fully saturated rings. The number of hydrogen-bond donors (Lipinski definition) is 2. The fraction of sp³-hybridized carbons (Fsp3) is 0.167. The van der Waals surface area contributed by atoms with E-state index in [1.807, 2.05) is 4.90 Å². The van der Waals surface area contributed by atoms with Crippen molar-refractivity contribution in [3.05, 3.63) is 75.5 Å². The third-order valence-electron chi connectivity index (χ3n) is 5.57. The van der Waals surface area contributed by atoms with E-state index in [1.54, 1.807) is 24.4 Å². The topological polar surface area (TPSA) is 118 Å². The molecule has 0 bridgehead atoms. The molecular weight excluding hydrogens is 479 g/mol. The van der Waals surface area contributed by atoms with Crippen molar-refractivity contribution in [2.24, 2.45) is 0 Å². The molecule has 0 saturated carbocycles. The Bertz CT molecular complexity index is 1500. The van der Waals surface area contributed by atoms with Gasteiger partial charge >= 0.3 is 5.97 Å². The lowest BCUT2D eigenvalue weighted by molar-refractivity contribution is 0.0693. The minimum atomic E-state index is -1.36. The Morgan fingerprint density at radius 1 is 1.17 bits per heavy atom. The number of morpholine rings is 1. The highest BCUT2D eigenvalue weighted by Crippen LogP contribution is 2.32. The summed E-state index contributed by atoms with van der Waals surface area (Å²) in [7, 11) is 0. The van der Waals surface area contributed by atoms with Crippen molar-refractivity contribution in [2.45, 2.75) is 0 Å². The fourth-order valence-electron chi connectivity index (χ4n) is 3.80. The molecule has 1 saturated heterocycles. The zero-order valence-corrected chi connectivity index (χ0v) is 18.9. The van der Waals surface area contributed by atoms with Gasteiger partial charge in [0.25, 0.3) is 0 Å². The van der Waals surface area contributed by atoms with E-state index in [0.717, 1.165) is 6.26 Å². The van der Waals surface area contributed by atoms with Crippen LogP contribution in [0.1, 0.15) is 10.4 Å². The molecule has 1 aliphatic heterocycles. The highest BCUT2D eigenvalue weighted by Gasteiger charge is 2.20. The van der Waals surface area contributed by atoms with Gasteiger partial charge in [-0.2, -0.15) is 4.98 Å². The number of nitrogens with one attached hydrogen (secondary N) is 1. The molecule has 0 aliphatic carbocycles. The van der Waals surface area contributed by atoms with Gasteiger partial charge in [0.05, 0.1) is 23.6 Å². The van der Waals surface area contributed by atoms with Crippen LogP contribution >= 0.6 is 11.6 Å². The fourth-order valence-corrected chi connectivity index (χ4v) is 3.98. The first kappa shape index (κ1) is 22.8. The number of anilines is 3. The maximum atomic E-state index is 13.5. The number of rotatable bonds is 5. The molecule has 4 aromatic rings. The van der Waals surface area contributed by atoms with Crippen molar-refractivity contribution in [1.29, 1.82) is 0 Å². The SMILES string of the molecule is O=C(O)c1coc2ccc(-c3cnc(Nc4ccc(F)c(Cl)c4)nc3N3CCOCC3)cc2c1=O. The van der Waals surface area contributed by atoms with Crippen molar-refractivity contribution in [2.75, 3.05) is 36.5 Å². The van der Waals surface area contributed by atoms with E-state index in [-0.39, 0.29) is 21.9 Å². The summed E-state index contributed by atoms with van der Waals surface area (Å²) in [5.41, 5.74) is 0.949. The molecule has 2 aromatic heterocycles. The van der Waals surface area contributed by atoms with Gasteiger partial charge in [0.1, 0.15) is 29.0 Å². The monoisotopic (exact) mass is 496 g/mol. The Morgan fingerprint density at radius 3 is 2.71 bits per heavy atom. The van der Waals surface area contributed by atoms with Crippen LogP contribution in [-0.4, -0.2) is 47.3 Å². The zero-order valence-electron chi connectivity index (χ0n) is 18.1. The molecule has 35 heavy (non-hydrogen) atoms. The van der Waals surface area contributed by atoms with Crippen molar-refractivity contribution < 1.29 is 23.4 Å². The molecule has 2 N–H and O–H groups in total. The summed E-state index contributed by atoms with van der Waals surface area (Å²) in [6.45, 7) is 2.21. The Morgan fingerprint density at radius 2 is 1.97 bits per heavy atom. The van der Waals surface area contributed by atoms with Crippen LogP contribution in [0, 0.1) is 5.82 Å². The molecule has 1 aliphatic rings. The number of aromatic nitrogens is 2.